The van der Waals surface area contributed by atoms with Gasteiger partial charge in [0.25, 0.3) is 11.8 Å². The van der Waals surface area contributed by atoms with E-state index in [1.54, 1.807) is 18.2 Å². The van der Waals surface area contributed by atoms with Gasteiger partial charge in [0.05, 0.1) is 5.56 Å². The number of carbonyl (C=O) groups is 2. The molecular weight excluding hydrogens is 256 g/mol. The maximum atomic E-state index is 11.8. The number of primary amides is 1. The van der Waals surface area contributed by atoms with Crippen LogP contribution < -0.4 is 15.8 Å². The number of rotatable bonds is 6. The zero-order valence-corrected chi connectivity index (χ0v) is 11.8. The van der Waals surface area contributed by atoms with E-state index in [9.17, 15) is 9.59 Å². The number of benzene rings is 1. The SMILES string of the molecule is Cc1ccc(C(N)=O)c(OCC(=O)NC(C)C2CC2)c1. The molecule has 0 aliphatic heterocycles. The van der Waals surface area contributed by atoms with Crippen molar-refractivity contribution in [3.05, 3.63) is 29.3 Å². The molecule has 1 aromatic carbocycles. The lowest BCUT2D eigenvalue weighted by molar-refractivity contribution is -0.123. The number of carbonyl (C=O) groups excluding carboxylic acids is 2. The van der Waals surface area contributed by atoms with Crippen LogP contribution in [0, 0.1) is 12.8 Å². The van der Waals surface area contributed by atoms with Gasteiger partial charge in [-0.3, -0.25) is 9.59 Å². The molecule has 108 valence electrons. The van der Waals surface area contributed by atoms with Gasteiger partial charge in [-0.25, -0.2) is 0 Å². The van der Waals surface area contributed by atoms with Gasteiger partial charge in [0.15, 0.2) is 6.61 Å². The summed E-state index contributed by atoms with van der Waals surface area (Å²) in [6.45, 7) is 3.77. The van der Waals surface area contributed by atoms with Crippen molar-refractivity contribution in [3.63, 3.8) is 0 Å². The summed E-state index contributed by atoms with van der Waals surface area (Å²) in [5.41, 5.74) is 6.51. The first kappa shape index (κ1) is 14.4. The Labute approximate surface area is 118 Å². The molecule has 1 aliphatic rings. The summed E-state index contributed by atoms with van der Waals surface area (Å²) in [6.07, 6.45) is 2.35. The lowest BCUT2D eigenvalue weighted by Gasteiger charge is -2.14. The zero-order chi connectivity index (χ0) is 14.7. The van der Waals surface area contributed by atoms with Crippen LogP contribution in [0.5, 0.6) is 5.75 Å². The van der Waals surface area contributed by atoms with Crippen LogP contribution in [-0.2, 0) is 4.79 Å². The third-order valence-corrected chi connectivity index (χ3v) is 3.48. The second-order valence-corrected chi connectivity index (χ2v) is 5.35. The molecule has 1 aromatic rings. The van der Waals surface area contributed by atoms with E-state index < -0.39 is 5.91 Å². The number of amides is 2. The van der Waals surface area contributed by atoms with Crippen LogP contribution in [0.15, 0.2) is 18.2 Å². The fraction of sp³-hybridized carbons (Fsp3) is 0.467. The molecule has 3 N–H and O–H groups in total. The van der Waals surface area contributed by atoms with Crippen LogP contribution in [-0.4, -0.2) is 24.5 Å². The molecule has 0 spiro atoms. The Morgan fingerprint density at radius 3 is 2.75 bits per heavy atom. The molecule has 1 fully saturated rings. The first-order valence-corrected chi connectivity index (χ1v) is 6.80. The van der Waals surface area contributed by atoms with Crippen molar-refractivity contribution in [1.82, 2.24) is 5.32 Å². The van der Waals surface area contributed by atoms with E-state index in [1.165, 1.54) is 12.8 Å². The highest BCUT2D eigenvalue weighted by atomic mass is 16.5. The number of hydrogen-bond donors (Lipinski definition) is 2. The third-order valence-electron chi connectivity index (χ3n) is 3.48. The average molecular weight is 276 g/mol. The summed E-state index contributed by atoms with van der Waals surface area (Å²) < 4.78 is 5.43. The lowest BCUT2D eigenvalue weighted by Crippen LogP contribution is -2.37. The van der Waals surface area contributed by atoms with E-state index >= 15 is 0 Å². The van der Waals surface area contributed by atoms with Crippen molar-refractivity contribution in [3.8, 4) is 5.75 Å². The fourth-order valence-electron chi connectivity index (χ4n) is 2.11. The maximum Gasteiger partial charge on any atom is 0.258 e. The van der Waals surface area contributed by atoms with Gasteiger partial charge in [0.1, 0.15) is 5.75 Å². The minimum Gasteiger partial charge on any atom is -0.483 e. The molecule has 20 heavy (non-hydrogen) atoms. The van der Waals surface area contributed by atoms with E-state index in [1.807, 2.05) is 13.8 Å². The third kappa shape index (κ3) is 3.73. The molecule has 0 heterocycles. The minimum atomic E-state index is -0.563. The Kier molecular flexibility index (Phi) is 4.27. The van der Waals surface area contributed by atoms with Crippen molar-refractivity contribution in [1.29, 1.82) is 0 Å². The molecule has 0 radical (unpaired) electrons. The molecular formula is C15H20N2O3. The molecule has 5 nitrogen and oxygen atoms in total. The van der Waals surface area contributed by atoms with E-state index in [2.05, 4.69) is 5.32 Å². The highest BCUT2D eigenvalue weighted by Gasteiger charge is 2.28. The van der Waals surface area contributed by atoms with Crippen LogP contribution >= 0.6 is 0 Å². The van der Waals surface area contributed by atoms with Gasteiger partial charge in [-0.05, 0) is 50.3 Å². The Morgan fingerprint density at radius 2 is 2.15 bits per heavy atom. The number of ether oxygens (including phenoxy) is 1. The smallest absolute Gasteiger partial charge is 0.258 e. The molecule has 0 saturated heterocycles. The molecule has 5 heteroatoms. The summed E-state index contributed by atoms with van der Waals surface area (Å²) in [6, 6.07) is 5.27. The Bertz CT molecular complexity index is 524. The lowest BCUT2D eigenvalue weighted by atomic mass is 10.1. The second kappa shape index (κ2) is 5.94. The number of aryl methyl sites for hydroxylation is 1. The maximum absolute atomic E-state index is 11.8. The molecule has 1 aliphatic carbocycles. The summed E-state index contributed by atoms with van der Waals surface area (Å²) in [4.78, 5) is 23.1. The molecule has 0 bridgehead atoms. The largest absolute Gasteiger partial charge is 0.483 e. The summed E-state index contributed by atoms with van der Waals surface area (Å²) in [5.74, 6) is 0.207. The van der Waals surface area contributed by atoms with Crippen molar-refractivity contribution >= 4 is 11.8 Å². The molecule has 1 unspecified atom stereocenters. The van der Waals surface area contributed by atoms with Crippen molar-refractivity contribution in [2.75, 3.05) is 6.61 Å². The number of nitrogens with two attached hydrogens (primary N) is 1. The van der Waals surface area contributed by atoms with Crippen LogP contribution in [0.3, 0.4) is 0 Å². The van der Waals surface area contributed by atoms with Crippen LogP contribution in [0.1, 0.15) is 35.7 Å². The molecule has 2 amide bonds. The van der Waals surface area contributed by atoms with E-state index in [0.29, 0.717) is 17.2 Å². The summed E-state index contributed by atoms with van der Waals surface area (Å²) >= 11 is 0. The Balaban J connectivity index is 1.94. The summed E-state index contributed by atoms with van der Waals surface area (Å²) in [5, 5.41) is 2.90. The topological polar surface area (TPSA) is 81.4 Å². The first-order valence-electron chi connectivity index (χ1n) is 6.80. The predicted octanol–water partition coefficient (Wildman–Crippen LogP) is 1.39. The van der Waals surface area contributed by atoms with Gasteiger partial charge >= 0.3 is 0 Å². The van der Waals surface area contributed by atoms with Gasteiger partial charge < -0.3 is 15.8 Å². The van der Waals surface area contributed by atoms with Crippen LogP contribution in [0.2, 0.25) is 0 Å². The zero-order valence-electron chi connectivity index (χ0n) is 11.8. The van der Waals surface area contributed by atoms with E-state index in [4.69, 9.17) is 10.5 Å². The van der Waals surface area contributed by atoms with Crippen molar-refractivity contribution < 1.29 is 14.3 Å². The standard InChI is InChI=1S/C15H20N2O3/c1-9-3-6-12(15(16)19)13(7-9)20-8-14(18)17-10(2)11-4-5-11/h3,6-7,10-11H,4-5,8H2,1-2H3,(H2,16,19)(H,17,18). The number of nitrogens with one attached hydrogen (secondary N) is 1. The Hall–Kier alpha value is -2.04. The van der Waals surface area contributed by atoms with Crippen LogP contribution in [0.25, 0.3) is 0 Å². The van der Waals surface area contributed by atoms with Crippen molar-refractivity contribution in [2.24, 2.45) is 11.7 Å². The average Bonchev–Trinajstić information content (AvgIpc) is 3.20. The van der Waals surface area contributed by atoms with Gasteiger partial charge in [0, 0.05) is 6.04 Å². The van der Waals surface area contributed by atoms with Crippen LogP contribution in [0.4, 0.5) is 0 Å². The van der Waals surface area contributed by atoms with E-state index in [-0.39, 0.29) is 18.6 Å². The van der Waals surface area contributed by atoms with Gasteiger partial charge in [-0.15, -0.1) is 0 Å². The van der Waals surface area contributed by atoms with Gasteiger partial charge in [-0.2, -0.15) is 0 Å². The highest BCUT2D eigenvalue weighted by molar-refractivity contribution is 5.95. The van der Waals surface area contributed by atoms with Gasteiger partial charge in [-0.1, -0.05) is 6.07 Å². The monoisotopic (exact) mass is 276 g/mol. The second-order valence-electron chi connectivity index (χ2n) is 5.35. The first-order chi connectivity index (χ1) is 9.47. The normalized spacial score (nSPS) is 15.5. The molecule has 1 saturated carbocycles. The minimum absolute atomic E-state index is 0.110. The molecule has 1 atom stereocenters. The fourth-order valence-corrected chi connectivity index (χ4v) is 2.11. The molecule has 2 rings (SSSR count). The predicted molar refractivity (Wildman–Crippen MR) is 75.5 cm³/mol. The summed E-state index contributed by atoms with van der Waals surface area (Å²) in [7, 11) is 0. The quantitative estimate of drug-likeness (QED) is 0.823. The van der Waals surface area contributed by atoms with Gasteiger partial charge in [0.2, 0.25) is 0 Å². The highest BCUT2D eigenvalue weighted by Crippen LogP contribution is 2.32. The Morgan fingerprint density at radius 1 is 1.45 bits per heavy atom. The molecule has 0 aromatic heterocycles. The van der Waals surface area contributed by atoms with E-state index in [0.717, 1.165) is 5.56 Å². The van der Waals surface area contributed by atoms with Crippen molar-refractivity contribution in [2.45, 2.75) is 32.7 Å². The number of hydrogen-bond acceptors (Lipinski definition) is 3.